The molecule has 0 radical (unpaired) electrons. The van der Waals surface area contributed by atoms with E-state index in [0.29, 0.717) is 0 Å². The van der Waals surface area contributed by atoms with Crippen LogP contribution in [0.2, 0.25) is 0 Å². The molecule has 0 fully saturated rings. The fourth-order valence-electron chi connectivity index (χ4n) is 4.94. The minimum Gasteiger partial charge on any atom is -0.327 e. The zero-order valence-corrected chi connectivity index (χ0v) is 19.3. The van der Waals surface area contributed by atoms with Crippen molar-refractivity contribution in [2.45, 2.75) is 12.8 Å². The van der Waals surface area contributed by atoms with Crippen molar-refractivity contribution in [3.05, 3.63) is 126 Å². The van der Waals surface area contributed by atoms with E-state index < -0.39 is 0 Å². The highest BCUT2D eigenvalue weighted by Gasteiger charge is 2.11. The average Bonchev–Trinajstić information content (AvgIpc) is 3.23. The standard InChI is InChI=1S/C32H26N2/c1-34-31-15-9-8-14-30(31)33-32(34)25-19-16-23(17-20-25)26-11-4-2-3-5-12-29-27(22-26)21-18-24-10-6-7-13-28(24)29/h2-10,13-22H,11-12H2,1H3/b4-2-,5-3-,26-22+. The predicted molar refractivity (Wildman–Crippen MR) is 145 cm³/mol. The van der Waals surface area contributed by atoms with Crippen molar-refractivity contribution in [1.82, 2.24) is 9.55 Å². The molecule has 1 aliphatic rings. The lowest BCUT2D eigenvalue weighted by atomic mass is 9.92. The van der Waals surface area contributed by atoms with E-state index in [1.807, 2.05) is 6.07 Å². The molecule has 2 heteroatoms. The second-order valence-corrected chi connectivity index (χ2v) is 8.85. The van der Waals surface area contributed by atoms with Crippen LogP contribution in [0.3, 0.4) is 0 Å². The van der Waals surface area contributed by atoms with Gasteiger partial charge in [-0.1, -0.05) is 103 Å². The summed E-state index contributed by atoms with van der Waals surface area (Å²) >= 11 is 0. The van der Waals surface area contributed by atoms with Crippen LogP contribution in [0, 0.1) is 0 Å². The molecule has 6 rings (SSSR count). The van der Waals surface area contributed by atoms with Gasteiger partial charge >= 0.3 is 0 Å². The van der Waals surface area contributed by atoms with Gasteiger partial charge in [0.15, 0.2) is 0 Å². The fourth-order valence-corrected chi connectivity index (χ4v) is 4.94. The van der Waals surface area contributed by atoms with Gasteiger partial charge in [0.25, 0.3) is 0 Å². The van der Waals surface area contributed by atoms with Crippen molar-refractivity contribution in [3.63, 3.8) is 0 Å². The van der Waals surface area contributed by atoms with Crippen LogP contribution in [-0.4, -0.2) is 9.55 Å². The average molecular weight is 439 g/mol. The van der Waals surface area contributed by atoms with Crippen molar-refractivity contribution in [2.75, 3.05) is 0 Å². The number of nitrogens with zero attached hydrogens (tertiary/aromatic N) is 2. The van der Waals surface area contributed by atoms with Crippen molar-refractivity contribution in [1.29, 1.82) is 0 Å². The molecule has 34 heavy (non-hydrogen) atoms. The van der Waals surface area contributed by atoms with E-state index in [-0.39, 0.29) is 0 Å². The van der Waals surface area contributed by atoms with Gasteiger partial charge in [-0.15, -0.1) is 0 Å². The van der Waals surface area contributed by atoms with Gasteiger partial charge in [0, 0.05) is 12.6 Å². The Hall–Kier alpha value is -4.17. The third-order valence-corrected chi connectivity index (χ3v) is 6.75. The minimum atomic E-state index is 0.891. The summed E-state index contributed by atoms with van der Waals surface area (Å²) in [5.41, 5.74) is 8.56. The van der Waals surface area contributed by atoms with Gasteiger partial charge < -0.3 is 4.57 Å². The first-order valence-electron chi connectivity index (χ1n) is 11.8. The van der Waals surface area contributed by atoms with E-state index in [9.17, 15) is 0 Å². The Morgan fingerprint density at radius 3 is 2.29 bits per heavy atom. The molecule has 0 saturated heterocycles. The maximum absolute atomic E-state index is 4.86. The minimum absolute atomic E-state index is 0.891. The van der Waals surface area contributed by atoms with E-state index in [1.165, 1.54) is 33.0 Å². The number of allylic oxidation sites excluding steroid dienone is 5. The van der Waals surface area contributed by atoms with Crippen LogP contribution in [0.4, 0.5) is 0 Å². The van der Waals surface area contributed by atoms with Crippen LogP contribution in [0.25, 0.3) is 44.8 Å². The molecule has 0 aliphatic heterocycles. The lowest BCUT2D eigenvalue weighted by Crippen LogP contribution is -1.94. The first-order chi connectivity index (χ1) is 16.8. The van der Waals surface area contributed by atoms with Crippen molar-refractivity contribution in [3.8, 4) is 11.4 Å². The summed E-state index contributed by atoms with van der Waals surface area (Å²) in [5, 5.41) is 2.63. The van der Waals surface area contributed by atoms with Crippen LogP contribution in [0.15, 0.2) is 109 Å². The van der Waals surface area contributed by atoms with Crippen LogP contribution in [-0.2, 0) is 13.5 Å². The SMILES string of the molecule is Cn1c(-c2ccc(/C3=C/c4ccc5ccccc5c4C/C=C\C=C/C3)cc2)nc2ccccc21. The summed E-state index contributed by atoms with van der Waals surface area (Å²) in [7, 11) is 2.09. The van der Waals surface area contributed by atoms with Gasteiger partial charge in [0.1, 0.15) is 5.82 Å². The Labute approximate surface area is 200 Å². The molecule has 1 heterocycles. The molecule has 2 nitrogen and oxygen atoms in total. The molecule has 0 amide bonds. The lowest BCUT2D eigenvalue weighted by Gasteiger charge is -2.13. The summed E-state index contributed by atoms with van der Waals surface area (Å²) in [5.74, 6) is 0.995. The number of rotatable bonds is 2. The Kier molecular flexibility index (Phi) is 5.20. The van der Waals surface area contributed by atoms with Gasteiger partial charge in [0.05, 0.1) is 11.0 Å². The van der Waals surface area contributed by atoms with E-state index in [1.54, 1.807) is 0 Å². The van der Waals surface area contributed by atoms with E-state index in [4.69, 9.17) is 4.98 Å². The molecule has 0 saturated carbocycles. The third-order valence-electron chi connectivity index (χ3n) is 6.75. The summed E-state index contributed by atoms with van der Waals surface area (Å²) in [6, 6.07) is 30.3. The Morgan fingerprint density at radius 2 is 1.44 bits per heavy atom. The number of aromatic nitrogens is 2. The highest BCUT2D eigenvalue weighted by Crippen LogP contribution is 2.31. The molecule has 0 atom stereocenters. The summed E-state index contributed by atoms with van der Waals surface area (Å²) < 4.78 is 2.17. The van der Waals surface area contributed by atoms with Crippen molar-refractivity contribution >= 4 is 33.5 Å². The smallest absolute Gasteiger partial charge is 0.140 e. The van der Waals surface area contributed by atoms with Crippen LogP contribution >= 0.6 is 0 Å². The number of fused-ring (bicyclic) bond motifs is 4. The third kappa shape index (κ3) is 3.68. The molecule has 1 aromatic heterocycles. The quantitative estimate of drug-likeness (QED) is 0.273. The summed E-state index contributed by atoms with van der Waals surface area (Å²) in [6.45, 7) is 0. The molecule has 5 aromatic rings. The number of imidazole rings is 1. The van der Waals surface area contributed by atoms with E-state index in [2.05, 4.69) is 121 Å². The second-order valence-electron chi connectivity index (χ2n) is 8.85. The van der Waals surface area contributed by atoms with Gasteiger partial charge in [-0.2, -0.15) is 0 Å². The molecular formula is C32H26N2. The number of hydrogen-bond acceptors (Lipinski definition) is 1. The molecule has 0 unspecified atom stereocenters. The van der Waals surface area contributed by atoms with Gasteiger partial charge in [0.2, 0.25) is 0 Å². The first-order valence-corrected chi connectivity index (χ1v) is 11.8. The summed E-state index contributed by atoms with van der Waals surface area (Å²) in [6.07, 6.45) is 13.0. The number of benzene rings is 4. The van der Waals surface area contributed by atoms with Crippen LogP contribution < -0.4 is 0 Å². The Balaban J connectivity index is 1.43. The van der Waals surface area contributed by atoms with Gasteiger partial charge in [-0.3, -0.25) is 0 Å². The van der Waals surface area contributed by atoms with Crippen LogP contribution in [0.1, 0.15) is 23.1 Å². The van der Waals surface area contributed by atoms with E-state index in [0.717, 1.165) is 35.3 Å². The Morgan fingerprint density at radius 1 is 0.706 bits per heavy atom. The largest absolute Gasteiger partial charge is 0.327 e. The molecule has 164 valence electrons. The van der Waals surface area contributed by atoms with E-state index >= 15 is 0 Å². The molecule has 1 aliphatic carbocycles. The Bertz CT molecular complexity index is 1590. The zero-order chi connectivity index (χ0) is 22.9. The maximum atomic E-state index is 4.86. The molecule has 4 aromatic carbocycles. The molecule has 0 N–H and O–H groups in total. The predicted octanol–water partition coefficient (Wildman–Crippen LogP) is 7.99. The highest BCUT2D eigenvalue weighted by molar-refractivity contribution is 5.92. The normalized spacial score (nSPS) is 17.1. The molecule has 0 spiro atoms. The number of hydrogen-bond donors (Lipinski definition) is 0. The van der Waals surface area contributed by atoms with Crippen molar-refractivity contribution < 1.29 is 0 Å². The summed E-state index contributed by atoms with van der Waals surface area (Å²) in [4.78, 5) is 4.86. The molecular weight excluding hydrogens is 412 g/mol. The van der Waals surface area contributed by atoms with Crippen molar-refractivity contribution in [2.24, 2.45) is 7.05 Å². The number of para-hydroxylation sites is 2. The van der Waals surface area contributed by atoms with Gasteiger partial charge in [-0.25, -0.2) is 4.98 Å². The zero-order valence-electron chi connectivity index (χ0n) is 19.3. The first kappa shape index (κ1) is 20.4. The highest BCUT2D eigenvalue weighted by atomic mass is 15.1. The van der Waals surface area contributed by atoms with Crippen LogP contribution in [0.5, 0.6) is 0 Å². The topological polar surface area (TPSA) is 17.8 Å². The number of aryl methyl sites for hydroxylation is 1. The van der Waals surface area contributed by atoms with Gasteiger partial charge in [-0.05, 0) is 58.0 Å². The lowest BCUT2D eigenvalue weighted by molar-refractivity contribution is 0.959. The fraction of sp³-hybridized carbons (Fsp3) is 0.0938. The second kappa shape index (κ2) is 8.64. The molecule has 0 bridgehead atoms. The monoisotopic (exact) mass is 438 g/mol. The maximum Gasteiger partial charge on any atom is 0.140 e.